The van der Waals surface area contributed by atoms with Crippen molar-refractivity contribution in [2.24, 2.45) is 0 Å². The van der Waals surface area contributed by atoms with Gasteiger partial charge in [0.25, 0.3) is 5.69 Å². The van der Waals surface area contributed by atoms with E-state index in [9.17, 15) is 10.1 Å². The Morgan fingerprint density at radius 3 is 2.88 bits per heavy atom. The zero-order valence-electron chi connectivity index (χ0n) is 14.5. The van der Waals surface area contributed by atoms with Crippen LogP contribution in [0.1, 0.15) is 24.4 Å². The molecule has 0 amide bonds. The molecule has 1 aliphatic rings. The molecule has 0 spiro atoms. The van der Waals surface area contributed by atoms with Gasteiger partial charge in [0.15, 0.2) is 0 Å². The van der Waals surface area contributed by atoms with E-state index in [1.54, 1.807) is 19.2 Å². The van der Waals surface area contributed by atoms with E-state index in [0.29, 0.717) is 0 Å². The second kappa shape index (κ2) is 6.63. The van der Waals surface area contributed by atoms with Gasteiger partial charge in [0.05, 0.1) is 23.6 Å². The number of non-ortho nitro benzene ring substituents is 1. The molecule has 1 unspecified atom stereocenters. The van der Waals surface area contributed by atoms with E-state index in [2.05, 4.69) is 17.0 Å². The molecule has 1 aliphatic heterocycles. The first-order valence-electron chi connectivity index (χ1n) is 8.61. The highest BCUT2D eigenvalue weighted by molar-refractivity contribution is 5.82. The zero-order valence-corrected chi connectivity index (χ0v) is 14.5. The summed E-state index contributed by atoms with van der Waals surface area (Å²) in [6, 6.07) is 17.1. The highest BCUT2D eigenvalue weighted by atomic mass is 16.6. The maximum atomic E-state index is 10.9. The van der Waals surface area contributed by atoms with E-state index in [4.69, 9.17) is 9.72 Å². The van der Waals surface area contributed by atoms with Crippen LogP contribution in [0, 0.1) is 10.1 Å². The van der Waals surface area contributed by atoms with Crippen molar-refractivity contribution in [1.82, 2.24) is 4.98 Å². The van der Waals surface area contributed by atoms with Crippen molar-refractivity contribution in [3.05, 3.63) is 70.3 Å². The maximum absolute atomic E-state index is 10.9. The summed E-state index contributed by atoms with van der Waals surface area (Å²) in [5.41, 5.74) is 2.07. The Kier molecular flexibility index (Phi) is 4.16. The summed E-state index contributed by atoms with van der Waals surface area (Å²) in [5.74, 6) is 1.75. The van der Waals surface area contributed by atoms with Crippen molar-refractivity contribution in [3.8, 4) is 5.75 Å². The number of aromatic nitrogens is 1. The predicted octanol–water partition coefficient (Wildman–Crippen LogP) is 4.49. The first-order valence-corrected chi connectivity index (χ1v) is 8.61. The van der Waals surface area contributed by atoms with E-state index in [-0.39, 0.29) is 16.7 Å². The van der Waals surface area contributed by atoms with E-state index in [1.165, 1.54) is 11.6 Å². The highest BCUT2D eigenvalue weighted by Crippen LogP contribution is 2.37. The third kappa shape index (κ3) is 2.94. The standard InChI is InChI=1S/C20H19N3O3/c1-26-17-5-2-4-15(13-17)19-6-3-11-22(19)20-10-7-14-12-16(23(24)25)8-9-18(14)21-20/h2,4-5,7-10,12-13,19H,3,6,11H2,1H3. The van der Waals surface area contributed by atoms with Gasteiger partial charge in [-0.05, 0) is 48.7 Å². The molecular formula is C20H19N3O3. The average molecular weight is 349 g/mol. The lowest BCUT2D eigenvalue weighted by atomic mass is 10.0. The Bertz CT molecular complexity index is 973. The van der Waals surface area contributed by atoms with Gasteiger partial charge in [-0.3, -0.25) is 10.1 Å². The molecule has 1 saturated heterocycles. The third-order valence-corrected chi connectivity index (χ3v) is 4.89. The molecule has 4 rings (SSSR count). The van der Waals surface area contributed by atoms with Gasteiger partial charge in [-0.1, -0.05) is 12.1 Å². The van der Waals surface area contributed by atoms with Gasteiger partial charge in [-0.25, -0.2) is 4.98 Å². The van der Waals surface area contributed by atoms with Crippen LogP contribution in [0.2, 0.25) is 0 Å². The van der Waals surface area contributed by atoms with Crippen molar-refractivity contribution in [3.63, 3.8) is 0 Å². The van der Waals surface area contributed by atoms with Crippen LogP contribution in [-0.4, -0.2) is 23.6 Å². The molecule has 6 nitrogen and oxygen atoms in total. The number of anilines is 1. The first kappa shape index (κ1) is 16.3. The van der Waals surface area contributed by atoms with Gasteiger partial charge in [0.1, 0.15) is 11.6 Å². The number of methoxy groups -OCH3 is 1. The van der Waals surface area contributed by atoms with Crippen LogP contribution in [0.3, 0.4) is 0 Å². The Morgan fingerprint density at radius 1 is 1.19 bits per heavy atom. The molecule has 2 heterocycles. The molecular weight excluding hydrogens is 330 g/mol. The molecule has 0 saturated carbocycles. The van der Waals surface area contributed by atoms with Crippen LogP contribution >= 0.6 is 0 Å². The van der Waals surface area contributed by atoms with Gasteiger partial charge >= 0.3 is 0 Å². The Morgan fingerprint density at radius 2 is 2.08 bits per heavy atom. The summed E-state index contributed by atoms with van der Waals surface area (Å²) < 4.78 is 5.35. The number of nitro benzene ring substituents is 1. The van der Waals surface area contributed by atoms with Gasteiger partial charge in [-0.15, -0.1) is 0 Å². The van der Waals surface area contributed by atoms with Crippen LogP contribution in [0.5, 0.6) is 5.75 Å². The fourth-order valence-corrected chi connectivity index (χ4v) is 3.61. The van der Waals surface area contributed by atoms with Crippen molar-refractivity contribution in [2.75, 3.05) is 18.6 Å². The summed E-state index contributed by atoms with van der Waals surface area (Å²) in [7, 11) is 1.68. The molecule has 0 aliphatic carbocycles. The van der Waals surface area contributed by atoms with E-state index in [0.717, 1.165) is 41.9 Å². The summed E-state index contributed by atoms with van der Waals surface area (Å²) >= 11 is 0. The average Bonchev–Trinajstić information content (AvgIpc) is 3.17. The summed E-state index contributed by atoms with van der Waals surface area (Å²) in [5, 5.41) is 11.7. The van der Waals surface area contributed by atoms with Crippen molar-refractivity contribution < 1.29 is 9.66 Å². The minimum Gasteiger partial charge on any atom is -0.497 e. The van der Waals surface area contributed by atoms with Gasteiger partial charge in [0, 0.05) is 24.1 Å². The number of rotatable bonds is 4. The number of benzene rings is 2. The Labute approximate surface area is 151 Å². The maximum Gasteiger partial charge on any atom is 0.270 e. The largest absolute Gasteiger partial charge is 0.497 e. The minimum absolute atomic E-state index is 0.0856. The minimum atomic E-state index is -0.382. The van der Waals surface area contributed by atoms with E-state index < -0.39 is 0 Å². The number of nitrogens with zero attached hydrogens (tertiary/aromatic N) is 3. The first-order chi connectivity index (χ1) is 12.7. The Balaban J connectivity index is 1.69. The summed E-state index contributed by atoms with van der Waals surface area (Å²) in [6.07, 6.45) is 2.16. The molecule has 132 valence electrons. The summed E-state index contributed by atoms with van der Waals surface area (Å²) in [4.78, 5) is 17.6. The number of hydrogen-bond donors (Lipinski definition) is 0. The van der Waals surface area contributed by atoms with Crippen LogP contribution in [0.15, 0.2) is 54.6 Å². The number of nitro groups is 1. The Hall–Kier alpha value is -3.15. The molecule has 2 aromatic carbocycles. The molecule has 1 atom stereocenters. The molecule has 6 heteroatoms. The van der Waals surface area contributed by atoms with Crippen LogP contribution in [-0.2, 0) is 0 Å². The lowest BCUT2D eigenvalue weighted by molar-refractivity contribution is -0.384. The second-order valence-corrected chi connectivity index (χ2v) is 6.43. The fraction of sp³-hybridized carbons (Fsp3) is 0.250. The number of pyridine rings is 1. The van der Waals surface area contributed by atoms with Crippen molar-refractivity contribution >= 4 is 22.4 Å². The molecule has 0 radical (unpaired) electrons. The van der Waals surface area contributed by atoms with Crippen LogP contribution in [0.4, 0.5) is 11.5 Å². The summed E-state index contributed by atoms with van der Waals surface area (Å²) in [6.45, 7) is 0.938. The van der Waals surface area contributed by atoms with E-state index >= 15 is 0 Å². The third-order valence-electron chi connectivity index (χ3n) is 4.89. The van der Waals surface area contributed by atoms with Crippen molar-refractivity contribution in [1.29, 1.82) is 0 Å². The lowest BCUT2D eigenvalue weighted by Gasteiger charge is -2.26. The molecule has 1 aromatic heterocycles. The predicted molar refractivity (Wildman–Crippen MR) is 101 cm³/mol. The number of ether oxygens (including phenoxy) is 1. The number of hydrogen-bond acceptors (Lipinski definition) is 5. The normalized spacial score (nSPS) is 16.8. The fourth-order valence-electron chi connectivity index (χ4n) is 3.61. The smallest absolute Gasteiger partial charge is 0.270 e. The molecule has 0 N–H and O–H groups in total. The van der Waals surface area contributed by atoms with Gasteiger partial charge in [-0.2, -0.15) is 0 Å². The van der Waals surface area contributed by atoms with E-state index in [1.807, 2.05) is 24.3 Å². The van der Waals surface area contributed by atoms with Crippen molar-refractivity contribution in [2.45, 2.75) is 18.9 Å². The molecule has 26 heavy (non-hydrogen) atoms. The topological polar surface area (TPSA) is 68.5 Å². The molecule has 0 bridgehead atoms. The zero-order chi connectivity index (χ0) is 18.1. The SMILES string of the molecule is COc1cccc(C2CCCN2c2ccc3cc([N+](=O)[O-])ccc3n2)c1. The van der Waals surface area contributed by atoms with Crippen LogP contribution < -0.4 is 9.64 Å². The second-order valence-electron chi connectivity index (χ2n) is 6.43. The van der Waals surface area contributed by atoms with Gasteiger partial charge in [0.2, 0.25) is 0 Å². The lowest BCUT2D eigenvalue weighted by Crippen LogP contribution is -2.23. The highest BCUT2D eigenvalue weighted by Gasteiger charge is 2.27. The number of fused-ring (bicyclic) bond motifs is 1. The molecule has 1 fully saturated rings. The quantitative estimate of drug-likeness (QED) is 0.513. The molecule has 3 aromatic rings. The van der Waals surface area contributed by atoms with Crippen LogP contribution in [0.25, 0.3) is 10.9 Å². The van der Waals surface area contributed by atoms with Gasteiger partial charge < -0.3 is 9.64 Å². The monoisotopic (exact) mass is 349 g/mol.